The molecule has 0 bridgehead atoms. The Morgan fingerprint density at radius 1 is 1.27 bits per heavy atom. The lowest BCUT2D eigenvalue weighted by Crippen LogP contribution is -2.50. The van der Waals surface area contributed by atoms with Gasteiger partial charge in [-0.25, -0.2) is 0 Å². The molecule has 1 heterocycles. The molecule has 0 radical (unpaired) electrons. The van der Waals surface area contributed by atoms with Crippen molar-refractivity contribution < 1.29 is 14.3 Å². The Morgan fingerprint density at radius 3 is 2.64 bits per heavy atom. The monoisotopic (exact) mass is 327 g/mol. The number of rotatable bonds is 10. The third-order valence-corrected chi connectivity index (χ3v) is 3.93. The van der Waals surface area contributed by atoms with Crippen molar-refractivity contribution in [2.24, 2.45) is 5.92 Å². The van der Waals surface area contributed by atoms with Gasteiger partial charge in [0.05, 0.1) is 11.5 Å². The fraction of sp³-hybridized carbons (Fsp3) is 0.600. The summed E-state index contributed by atoms with van der Waals surface area (Å²) in [6.07, 6.45) is 0. The summed E-state index contributed by atoms with van der Waals surface area (Å²) in [4.78, 5) is 24.9. The van der Waals surface area contributed by atoms with Crippen molar-refractivity contribution in [3.63, 3.8) is 0 Å². The van der Waals surface area contributed by atoms with Crippen LogP contribution in [0, 0.1) is 5.92 Å². The van der Waals surface area contributed by atoms with Gasteiger partial charge in [0.15, 0.2) is 0 Å². The van der Waals surface area contributed by atoms with Crippen LogP contribution in [0.3, 0.4) is 0 Å². The van der Waals surface area contributed by atoms with E-state index < -0.39 is 6.04 Å². The van der Waals surface area contributed by atoms with Crippen LogP contribution in [-0.4, -0.2) is 51.2 Å². The van der Waals surface area contributed by atoms with Crippen LogP contribution in [-0.2, 0) is 9.53 Å². The van der Waals surface area contributed by atoms with E-state index in [0.29, 0.717) is 24.6 Å². The minimum absolute atomic E-state index is 0.0189. The predicted octanol–water partition coefficient (Wildman–Crippen LogP) is 0.855. The van der Waals surface area contributed by atoms with Crippen LogP contribution in [0.15, 0.2) is 17.5 Å². The summed E-state index contributed by atoms with van der Waals surface area (Å²) in [5.41, 5.74) is 0. The number of thiophene rings is 1. The molecule has 1 aromatic heterocycles. The van der Waals surface area contributed by atoms with Gasteiger partial charge in [-0.3, -0.25) is 9.59 Å². The van der Waals surface area contributed by atoms with Gasteiger partial charge >= 0.3 is 0 Å². The molecular weight excluding hydrogens is 302 g/mol. The number of nitrogens with one attached hydrogen (secondary N) is 3. The molecule has 22 heavy (non-hydrogen) atoms. The highest BCUT2D eigenvalue weighted by Crippen LogP contribution is 2.10. The van der Waals surface area contributed by atoms with Crippen molar-refractivity contribution in [3.05, 3.63) is 22.4 Å². The Labute approximate surface area is 135 Å². The number of hydrogen-bond acceptors (Lipinski definition) is 5. The van der Waals surface area contributed by atoms with E-state index in [1.165, 1.54) is 11.3 Å². The maximum absolute atomic E-state index is 12.2. The van der Waals surface area contributed by atoms with Crippen LogP contribution in [0.4, 0.5) is 0 Å². The molecule has 1 aromatic rings. The van der Waals surface area contributed by atoms with Crippen LogP contribution in [0.2, 0.25) is 0 Å². The third kappa shape index (κ3) is 6.55. The molecule has 7 heteroatoms. The largest absolute Gasteiger partial charge is 0.383 e. The highest BCUT2D eigenvalue weighted by molar-refractivity contribution is 7.12. The lowest BCUT2D eigenvalue weighted by molar-refractivity contribution is -0.123. The summed E-state index contributed by atoms with van der Waals surface area (Å²) in [6, 6.07) is 3.03. The summed E-state index contributed by atoms with van der Waals surface area (Å²) < 4.78 is 4.92. The highest BCUT2D eigenvalue weighted by atomic mass is 32.1. The summed E-state index contributed by atoms with van der Waals surface area (Å²) in [6.45, 7) is 6.39. The van der Waals surface area contributed by atoms with Crippen LogP contribution < -0.4 is 16.0 Å². The molecular formula is C15H25N3O3S. The van der Waals surface area contributed by atoms with E-state index in [2.05, 4.69) is 16.0 Å². The Morgan fingerprint density at radius 2 is 2.05 bits per heavy atom. The van der Waals surface area contributed by atoms with Gasteiger partial charge in [0.25, 0.3) is 5.91 Å². The third-order valence-electron chi connectivity index (χ3n) is 3.06. The van der Waals surface area contributed by atoms with E-state index in [4.69, 9.17) is 4.74 Å². The van der Waals surface area contributed by atoms with E-state index in [1.54, 1.807) is 13.2 Å². The smallest absolute Gasteiger partial charge is 0.262 e. The molecule has 3 N–H and O–H groups in total. The average Bonchev–Trinajstić information content (AvgIpc) is 3.02. The highest BCUT2D eigenvalue weighted by Gasteiger charge is 2.24. The van der Waals surface area contributed by atoms with E-state index >= 15 is 0 Å². The molecule has 1 rings (SSSR count). The Hall–Kier alpha value is -1.44. The molecule has 2 amide bonds. The molecule has 124 valence electrons. The molecule has 6 nitrogen and oxygen atoms in total. The Bertz CT molecular complexity index is 449. The number of carbonyl (C=O) groups excluding carboxylic acids is 2. The fourth-order valence-electron chi connectivity index (χ4n) is 1.84. The van der Waals surface area contributed by atoms with E-state index in [-0.39, 0.29) is 17.7 Å². The number of amides is 2. The second kappa shape index (κ2) is 10.3. The molecule has 0 aliphatic carbocycles. The summed E-state index contributed by atoms with van der Waals surface area (Å²) in [5, 5.41) is 10.6. The van der Waals surface area contributed by atoms with Crippen LogP contribution in [0.5, 0.6) is 0 Å². The molecule has 0 fully saturated rings. The van der Waals surface area contributed by atoms with Crippen LogP contribution in [0.1, 0.15) is 23.5 Å². The number of hydrogen-bond donors (Lipinski definition) is 3. The van der Waals surface area contributed by atoms with Crippen molar-refractivity contribution in [1.29, 1.82) is 0 Å². The van der Waals surface area contributed by atoms with E-state index in [9.17, 15) is 9.59 Å². The predicted molar refractivity (Wildman–Crippen MR) is 88.2 cm³/mol. The molecule has 0 saturated carbocycles. The quantitative estimate of drug-likeness (QED) is 0.557. The number of ether oxygens (including phenoxy) is 1. The van der Waals surface area contributed by atoms with Crippen LogP contribution in [0.25, 0.3) is 0 Å². The van der Waals surface area contributed by atoms with Gasteiger partial charge in [-0.15, -0.1) is 11.3 Å². The summed E-state index contributed by atoms with van der Waals surface area (Å²) in [5.74, 6) is -0.346. The molecule has 1 unspecified atom stereocenters. The lowest BCUT2D eigenvalue weighted by atomic mass is 10.0. The van der Waals surface area contributed by atoms with Gasteiger partial charge in [-0.2, -0.15) is 0 Å². The van der Waals surface area contributed by atoms with Gasteiger partial charge in [-0.05, 0) is 17.4 Å². The zero-order valence-corrected chi connectivity index (χ0v) is 14.2. The zero-order chi connectivity index (χ0) is 16.4. The van der Waals surface area contributed by atoms with Gasteiger partial charge < -0.3 is 20.7 Å². The van der Waals surface area contributed by atoms with Crippen molar-refractivity contribution in [2.75, 3.05) is 33.4 Å². The van der Waals surface area contributed by atoms with Gasteiger partial charge in [0.2, 0.25) is 5.91 Å². The maximum atomic E-state index is 12.2. The van der Waals surface area contributed by atoms with Gasteiger partial charge in [0, 0.05) is 26.7 Å². The van der Waals surface area contributed by atoms with Crippen LogP contribution >= 0.6 is 11.3 Å². The first-order valence-corrected chi connectivity index (χ1v) is 8.26. The molecule has 0 aromatic carbocycles. The average molecular weight is 327 g/mol. The Kier molecular flexibility index (Phi) is 8.72. The van der Waals surface area contributed by atoms with E-state index in [0.717, 1.165) is 6.54 Å². The second-order valence-electron chi connectivity index (χ2n) is 5.21. The lowest BCUT2D eigenvalue weighted by Gasteiger charge is -2.21. The topological polar surface area (TPSA) is 79.5 Å². The number of carbonyl (C=O) groups is 2. The molecule has 0 aliphatic rings. The SMILES string of the molecule is COCCNCCNC(=O)C(NC(=O)c1cccs1)C(C)C. The van der Waals surface area contributed by atoms with Gasteiger partial charge in [-0.1, -0.05) is 19.9 Å². The molecule has 0 saturated heterocycles. The van der Waals surface area contributed by atoms with Crippen molar-refractivity contribution in [1.82, 2.24) is 16.0 Å². The first-order valence-electron chi connectivity index (χ1n) is 7.38. The molecule has 1 atom stereocenters. The maximum Gasteiger partial charge on any atom is 0.262 e. The first-order chi connectivity index (χ1) is 10.6. The Balaban J connectivity index is 2.38. The first kappa shape index (κ1) is 18.6. The standard InChI is InChI=1S/C15H25N3O3S/c1-11(2)13(18-14(19)12-5-4-10-22-12)15(20)17-7-6-16-8-9-21-3/h4-5,10-11,13,16H,6-9H2,1-3H3,(H,17,20)(H,18,19). The van der Waals surface area contributed by atoms with Gasteiger partial charge in [0.1, 0.15) is 6.04 Å². The van der Waals surface area contributed by atoms with Crippen molar-refractivity contribution in [2.45, 2.75) is 19.9 Å². The van der Waals surface area contributed by atoms with Crippen molar-refractivity contribution >= 4 is 23.2 Å². The molecule has 0 aliphatic heterocycles. The van der Waals surface area contributed by atoms with E-state index in [1.807, 2.05) is 25.3 Å². The normalized spacial score (nSPS) is 12.2. The zero-order valence-electron chi connectivity index (χ0n) is 13.3. The van der Waals surface area contributed by atoms with Crippen molar-refractivity contribution in [3.8, 4) is 0 Å². The summed E-state index contributed by atoms with van der Waals surface area (Å²) in [7, 11) is 1.65. The fourth-order valence-corrected chi connectivity index (χ4v) is 2.47. The summed E-state index contributed by atoms with van der Waals surface area (Å²) >= 11 is 1.36. The minimum Gasteiger partial charge on any atom is -0.383 e. The second-order valence-corrected chi connectivity index (χ2v) is 6.15. The molecule has 0 spiro atoms. The minimum atomic E-state index is -0.534. The number of methoxy groups -OCH3 is 1.